The molecule has 0 aromatic heterocycles. The van der Waals surface area contributed by atoms with Crippen LogP contribution in [0.1, 0.15) is 47.7 Å². The summed E-state index contributed by atoms with van der Waals surface area (Å²) in [5.74, 6) is -1.98. The quantitative estimate of drug-likeness (QED) is 0.723. The Balaban J connectivity index is 1.43. The van der Waals surface area contributed by atoms with Crippen molar-refractivity contribution in [1.82, 2.24) is 10.2 Å². The Kier molecular flexibility index (Phi) is 6.30. The van der Waals surface area contributed by atoms with Crippen LogP contribution in [0.4, 0.5) is 4.39 Å². The zero-order valence-electron chi connectivity index (χ0n) is 17.1. The van der Waals surface area contributed by atoms with Crippen molar-refractivity contribution in [3.63, 3.8) is 0 Å². The molecule has 0 bridgehead atoms. The predicted octanol–water partition coefficient (Wildman–Crippen LogP) is 3.24. The lowest BCUT2D eigenvalue weighted by Crippen LogP contribution is -2.43. The maximum Gasteiger partial charge on any atom is 0.311 e. The van der Waals surface area contributed by atoms with Crippen molar-refractivity contribution in [1.29, 1.82) is 0 Å². The minimum atomic E-state index is -1.02. The van der Waals surface area contributed by atoms with Crippen LogP contribution in [0.25, 0.3) is 0 Å². The second-order valence-electron chi connectivity index (χ2n) is 8.11. The number of carbonyl (C=O) groups excluding carboxylic acids is 3. The van der Waals surface area contributed by atoms with E-state index in [1.54, 1.807) is 29.2 Å². The Morgan fingerprint density at radius 3 is 2.39 bits per heavy atom. The van der Waals surface area contributed by atoms with Crippen molar-refractivity contribution < 1.29 is 23.5 Å². The molecule has 2 aromatic rings. The van der Waals surface area contributed by atoms with E-state index >= 15 is 0 Å². The lowest BCUT2D eigenvalue weighted by Gasteiger charge is -2.32. The van der Waals surface area contributed by atoms with E-state index < -0.39 is 23.8 Å². The van der Waals surface area contributed by atoms with Gasteiger partial charge in [0, 0.05) is 30.3 Å². The molecule has 162 valence electrons. The molecule has 2 atom stereocenters. The minimum Gasteiger partial charge on any atom is -0.447 e. The number of rotatable bonds is 6. The van der Waals surface area contributed by atoms with Gasteiger partial charge in [-0.2, -0.15) is 0 Å². The highest BCUT2D eigenvalue weighted by atomic mass is 19.1. The molecule has 2 aliphatic rings. The van der Waals surface area contributed by atoms with Gasteiger partial charge in [-0.05, 0) is 49.9 Å². The average Bonchev–Trinajstić information content (AvgIpc) is 3.62. The summed E-state index contributed by atoms with van der Waals surface area (Å²) in [4.78, 5) is 40.0. The first-order valence-corrected chi connectivity index (χ1v) is 10.6. The van der Waals surface area contributed by atoms with Crippen LogP contribution in [0.3, 0.4) is 0 Å². The standard InChI is InChI=1S/C24H25FN2O4/c25-19-10-8-17(9-11-19)23(29)27-14-4-7-18(15-27)24(30)31-21(16-5-2-1-3-6-16)22(28)26-20-12-13-20/h1-3,5-6,8-11,18,20-21H,4,7,12-15H2,(H,26,28)/t18-,21-/m1/s1. The second kappa shape index (κ2) is 9.29. The molecule has 1 aliphatic heterocycles. The van der Waals surface area contributed by atoms with Gasteiger partial charge in [0.1, 0.15) is 5.82 Å². The van der Waals surface area contributed by atoms with Gasteiger partial charge in [-0.25, -0.2) is 4.39 Å². The highest BCUT2D eigenvalue weighted by Crippen LogP contribution is 2.26. The maximum absolute atomic E-state index is 13.2. The smallest absolute Gasteiger partial charge is 0.311 e. The minimum absolute atomic E-state index is 0.149. The number of nitrogens with zero attached hydrogens (tertiary/aromatic N) is 1. The molecule has 2 fully saturated rings. The third-order valence-electron chi connectivity index (χ3n) is 5.63. The van der Waals surface area contributed by atoms with E-state index in [2.05, 4.69) is 5.32 Å². The summed E-state index contributed by atoms with van der Waals surface area (Å²) in [6, 6.07) is 14.5. The van der Waals surface area contributed by atoms with Gasteiger partial charge >= 0.3 is 5.97 Å². The Hall–Kier alpha value is -3.22. The van der Waals surface area contributed by atoms with E-state index in [4.69, 9.17) is 4.74 Å². The van der Waals surface area contributed by atoms with Crippen LogP contribution in [0, 0.1) is 11.7 Å². The average molecular weight is 424 g/mol. The van der Waals surface area contributed by atoms with Gasteiger partial charge in [0.2, 0.25) is 6.10 Å². The molecule has 0 spiro atoms. The first-order valence-electron chi connectivity index (χ1n) is 10.6. The molecule has 1 aliphatic carbocycles. The molecule has 1 saturated carbocycles. The fourth-order valence-corrected chi connectivity index (χ4v) is 3.75. The SMILES string of the molecule is O=C(O[C@@H](C(=O)NC1CC1)c1ccccc1)[C@@H]1CCCN(C(=O)c2ccc(F)cc2)C1. The van der Waals surface area contributed by atoms with E-state index in [1.807, 2.05) is 6.07 Å². The molecule has 7 heteroatoms. The highest BCUT2D eigenvalue weighted by Gasteiger charge is 2.35. The van der Waals surface area contributed by atoms with Crippen molar-refractivity contribution >= 4 is 17.8 Å². The van der Waals surface area contributed by atoms with Crippen molar-refractivity contribution in [2.75, 3.05) is 13.1 Å². The molecule has 31 heavy (non-hydrogen) atoms. The summed E-state index contributed by atoms with van der Waals surface area (Å²) < 4.78 is 18.8. The van der Waals surface area contributed by atoms with Gasteiger partial charge in [-0.3, -0.25) is 14.4 Å². The number of amides is 2. The summed E-state index contributed by atoms with van der Waals surface area (Å²) in [6.07, 6.45) is 2.08. The number of benzene rings is 2. The molecule has 1 saturated heterocycles. The number of likely N-dealkylation sites (tertiary alicyclic amines) is 1. The van der Waals surface area contributed by atoms with Gasteiger partial charge in [0.15, 0.2) is 0 Å². The molecule has 0 unspecified atom stereocenters. The van der Waals surface area contributed by atoms with E-state index in [1.165, 1.54) is 24.3 Å². The monoisotopic (exact) mass is 424 g/mol. The molecule has 2 amide bonds. The number of ether oxygens (including phenoxy) is 1. The van der Waals surface area contributed by atoms with Crippen molar-refractivity contribution in [2.45, 2.75) is 37.8 Å². The summed E-state index contributed by atoms with van der Waals surface area (Å²) in [6.45, 7) is 0.727. The molecular formula is C24H25FN2O4. The zero-order chi connectivity index (χ0) is 21.8. The Labute approximate surface area is 180 Å². The number of halogens is 1. The lowest BCUT2D eigenvalue weighted by molar-refractivity contribution is -0.161. The maximum atomic E-state index is 13.2. The summed E-state index contributed by atoms with van der Waals surface area (Å²) >= 11 is 0. The van der Waals surface area contributed by atoms with Gasteiger partial charge in [0.25, 0.3) is 11.8 Å². The van der Waals surface area contributed by atoms with E-state index in [9.17, 15) is 18.8 Å². The molecule has 1 N–H and O–H groups in total. The Morgan fingerprint density at radius 2 is 1.71 bits per heavy atom. The van der Waals surface area contributed by atoms with Crippen LogP contribution >= 0.6 is 0 Å². The normalized spacial score (nSPS) is 19.4. The predicted molar refractivity (Wildman–Crippen MR) is 111 cm³/mol. The fourth-order valence-electron chi connectivity index (χ4n) is 3.75. The van der Waals surface area contributed by atoms with Crippen LogP contribution in [0.2, 0.25) is 0 Å². The van der Waals surface area contributed by atoms with Crippen LogP contribution in [0.15, 0.2) is 54.6 Å². The van der Waals surface area contributed by atoms with E-state index in [0.717, 1.165) is 12.8 Å². The first kappa shape index (κ1) is 21.0. The first-order chi connectivity index (χ1) is 15.0. The summed E-state index contributed by atoms with van der Waals surface area (Å²) in [7, 11) is 0. The van der Waals surface area contributed by atoms with Gasteiger partial charge in [-0.15, -0.1) is 0 Å². The third-order valence-corrected chi connectivity index (χ3v) is 5.63. The van der Waals surface area contributed by atoms with Gasteiger partial charge in [-0.1, -0.05) is 30.3 Å². The van der Waals surface area contributed by atoms with Crippen LogP contribution in [-0.4, -0.2) is 41.8 Å². The van der Waals surface area contributed by atoms with E-state index in [0.29, 0.717) is 30.5 Å². The third kappa shape index (κ3) is 5.29. The van der Waals surface area contributed by atoms with Crippen molar-refractivity contribution in [3.8, 4) is 0 Å². The van der Waals surface area contributed by atoms with Crippen LogP contribution < -0.4 is 5.32 Å². The molecule has 2 aromatic carbocycles. The zero-order valence-corrected chi connectivity index (χ0v) is 17.1. The second-order valence-corrected chi connectivity index (χ2v) is 8.11. The molecule has 4 rings (SSSR count). The Bertz CT molecular complexity index is 944. The molecular weight excluding hydrogens is 399 g/mol. The number of hydrogen-bond donors (Lipinski definition) is 1. The van der Waals surface area contributed by atoms with E-state index in [-0.39, 0.29) is 24.4 Å². The largest absolute Gasteiger partial charge is 0.447 e. The van der Waals surface area contributed by atoms with Gasteiger partial charge in [0.05, 0.1) is 5.92 Å². The number of nitrogens with one attached hydrogen (secondary N) is 1. The molecule has 6 nitrogen and oxygen atoms in total. The van der Waals surface area contributed by atoms with Gasteiger partial charge < -0.3 is 15.0 Å². The number of hydrogen-bond acceptors (Lipinski definition) is 4. The number of esters is 1. The highest BCUT2D eigenvalue weighted by molar-refractivity contribution is 5.94. The van der Waals surface area contributed by atoms with Crippen LogP contribution in [-0.2, 0) is 14.3 Å². The summed E-state index contributed by atoms with van der Waals surface area (Å²) in [5.41, 5.74) is 0.991. The lowest BCUT2D eigenvalue weighted by atomic mass is 9.97. The van der Waals surface area contributed by atoms with Crippen LogP contribution in [0.5, 0.6) is 0 Å². The number of carbonyl (C=O) groups is 3. The molecule has 1 heterocycles. The van der Waals surface area contributed by atoms with Crippen molar-refractivity contribution in [3.05, 3.63) is 71.5 Å². The fraction of sp³-hybridized carbons (Fsp3) is 0.375. The van der Waals surface area contributed by atoms with Crippen molar-refractivity contribution in [2.24, 2.45) is 5.92 Å². The summed E-state index contributed by atoms with van der Waals surface area (Å²) in [5, 5.41) is 2.90. The Morgan fingerprint density at radius 1 is 1.00 bits per heavy atom. The number of piperidine rings is 1. The topological polar surface area (TPSA) is 75.7 Å². The molecule has 0 radical (unpaired) electrons.